The zero-order valence-corrected chi connectivity index (χ0v) is 28.3. The van der Waals surface area contributed by atoms with E-state index < -0.39 is 32.0 Å². The summed E-state index contributed by atoms with van der Waals surface area (Å²) in [5.74, 6) is -2.71. The van der Waals surface area contributed by atoms with Crippen molar-refractivity contribution in [1.82, 2.24) is 0 Å². The van der Waals surface area contributed by atoms with E-state index in [4.69, 9.17) is 18.9 Å². The first-order valence-electron chi connectivity index (χ1n) is 13.6. The van der Waals surface area contributed by atoms with Gasteiger partial charge in [-0.05, 0) is 13.8 Å². The minimum absolute atomic E-state index is 0.0763. The number of carbonyl (C=O) groups excluding carboxylic acids is 4. The minimum atomic E-state index is -0.983. The molecule has 2 aliphatic heterocycles. The van der Waals surface area contributed by atoms with Gasteiger partial charge in [0.15, 0.2) is 8.16 Å². The molecule has 0 aromatic rings. The molecule has 0 aromatic carbocycles. The van der Waals surface area contributed by atoms with Gasteiger partial charge in [-0.15, -0.1) is 47.0 Å². The van der Waals surface area contributed by atoms with E-state index in [0.717, 1.165) is 23.5 Å². The summed E-state index contributed by atoms with van der Waals surface area (Å²) >= 11 is 4.90. The summed E-state index contributed by atoms with van der Waals surface area (Å²) in [7, 11) is 0. The van der Waals surface area contributed by atoms with E-state index in [1.54, 1.807) is 13.8 Å². The van der Waals surface area contributed by atoms with Crippen molar-refractivity contribution in [3.63, 3.8) is 0 Å². The van der Waals surface area contributed by atoms with E-state index >= 15 is 0 Å². The quantitative estimate of drug-likeness (QED) is 0.0763. The summed E-state index contributed by atoms with van der Waals surface area (Å²) < 4.78 is 18.9. The van der Waals surface area contributed by atoms with Gasteiger partial charge < -0.3 is 18.9 Å². The smallest absolute Gasteiger partial charge is 0.333 e. The standard InChI is InChI=1S/C30H36N2O8S4/c1-19(2)27(35)39-13-23-9-7-21(5)29(17-31,43-23)41-15-25(33)37-11-12-38-26(34)16-42-30(18-32)22(6)8-10-24(44-30)14-40-28(36)20(3)4/h7-10,21-24H,1,3,11-16H2,2,4-6H3. The largest absolute Gasteiger partial charge is 0.461 e. The molecule has 2 heterocycles. The number of carbonyl (C=O) groups is 4. The van der Waals surface area contributed by atoms with Crippen LogP contribution in [0, 0.1) is 34.5 Å². The van der Waals surface area contributed by atoms with Crippen molar-refractivity contribution in [2.24, 2.45) is 11.8 Å². The number of nitrogens with zero attached hydrogens (tertiary/aromatic N) is 2. The topological polar surface area (TPSA) is 153 Å². The van der Waals surface area contributed by atoms with Crippen molar-refractivity contribution in [3.8, 4) is 12.1 Å². The molecule has 14 heteroatoms. The lowest BCUT2D eigenvalue weighted by molar-refractivity contribution is -0.148. The number of rotatable bonds is 15. The Kier molecular flexibility index (Phi) is 15.0. The fourth-order valence-electron chi connectivity index (χ4n) is 3.70. The van der Waals surface area contributed by atoms with E-state index in [2.05, 4.69) is 25.3 Å². The van der Waals surface area contributed by atoms with Gasteiger partial charge in [-0.2, -0.15) is 10.5 Å². The zero-order chi connectivity index (χ0) is 32.9. The van der Waals surface area contributed by atoms with Crippen LogP contribution in [0.5, 0.6) is 0 Å². The molecule has 2 rings (SSSR count). The zero-order valence-electron chi connectivity index (χ0n) is 25.1. The van der Waals surface area contributed by atoms with E-state index in [1.807, 2.05) is 38.2 Å². The fourth-order valence-corrected chi connectivity index (χ4v) is 9.18. The van der Waals surface area contributed by atoms with Crippen LogP contribution in [0.1, 0.15) is 27.7 Å². The van der Waals surface area contributed by atoms with Crippen LogP contribution >= 0.6 is 47.0 Å². The molecule has 0 saturated heterocycles. The number of esters is 4. The Hall–Kier alpha value is -2.78. The van der Waals surface area contributed by atoms with Crippen molar-refractivity contribution in [3.05, 3.63) is 48.6 Å². The molecule has 6 atom stereocenters. The summed E-state index contributed by atoms with van der Waals surface area (Å²) in [4.78, 5) is 48.3. The summed E-state index contributed by atoms with van der Waals surface area (Å²) in [5, 5.41) is 19.4. The van der Waals surface area contributed by atoms with Crippen molar-refractivity contribution < 1.29 is 38.1 Å². The Balaban J connectivity index is 1.76. The number of hydrogen-bond donors (Lipinski definition) is 0. The first kappa shape index (κ1) is 37.4. The lowest BCUT2D eigenvalue weighted by Gasteiger charge is -2.35. The lowest BCUT2D eigenvalue weighted by Crippen LogP contribution is -2.35. The Labute approximate surface area is 275 Å². The molecule has 10 nitrogen and oxygen atoms in total. The summed E-state index contributed by atoms with van der Waals surface area (Å²) in [6.07, 6.45) is 7.50. The van der Waals surface area contributed by atoms with Crippen LogP contribution in [-0.4, -0.2) is 80.5 Å². The van der Waals surface area contributed by atoms with Gasteiger partial charge in [0.25, 0.3) is 0 Å². The highest BCUT2D eigenvalue weighted by molar-refractivity contribution is 8.19. The van der Waals surface area contributed by atoms with Crippen molar-refractivity contribution >= 4 is 70.9 Å². The Morgan fingerprint density at radius 1 is 0.727 bits per heavy atom. The minimum Gasteiger partial charge on any atom is -0.461 e. The predicted molar refractivity (Wildman–Crippen MR) is 174 cm³/mol. The third-order valence-corrected chi connectivity index (χ3v) is 12.9. The van der Waals surface area contributed by atoms with Gasteiger partial charge in [0.2, 0.25) is 0 Å². The monoisotopic (exact) mass is 680 g/mol. The number of thioether (sulfide) groups is 4. The summed E-state index contributed by atoms with van der Waals surface area (Å²) in [6, 6.07) is 4.60. The van der Waals surface area contributed by atoms with Crippen LogP contribution in [0.25, 0.3) is 0 Å². The number of allylic oxidation sites excluding steroid dienone is 2. The second kappa shape index (κ2) is 17.6. The van der Waals surface area contributed by atoms with Gasteiger partial charge in [0.05, 0.1) is 34.1 Å². The third-order valence-electron chi connectivity index (χ3n) is 6.27. The van der Waals surface area contributed by atoms with Gasteiger partial charge in [0.1, 0.15) is 26.4 Å². The van der Waals surface area contributed by atoms with Gasteiger partial charge >= 0.3 is 23.9 Å². The second-order valence-corrected chi connectivity index (χ2v) is 15.9. The number of hydrogen-bond acceptors (Lipinski definition) is 14. The first-order chi connectivity index (χ1) is 20.8. The average molecular weight is 681 g/mol. The maximum Gasteiger partial charge on any atom is 0.333 e. The molecule has 44 heavy (non-hydrogen) atoms. The molecule has 0 bridgehead atoms. The first-order valence-corrected chi connectivity index (χ1v) is 17.3. The maximum absolute atomic E-state index is 12.4. The number of nitriles is 2. The molecule has 0 spiro atoms. The second-order valence-electron chi connectivity index (χ2n) is 9.99. The maximum atomic E-state index is 12.4. The van der Waals surface area contributed by atoms with Crippen molar-refractivity contribution in [2.45, 2.75) is 46.4 Å². The van der Waals surface area contributed by atoms with E-state index in [0.29, 0.717) is 0 Å². The van der Waals surface area contributed by atoms with Gasteiger partial charge in [-0.25, -0.2) is 9.59 Å². The molecule has 0 saturated carbocycles. The van der Waals surface area contributed by atoms with Gasteiger partial charge in [-0.1, -0.05) is 51.3 Å². The molecule has 2 aliphatic rings. The Morgan fingerprint density at radius 2 is 1.09 bits per heavy atom. The molecular formula is C30H36N2O8S4. The molecule has 0 radical (unpaired) electrons. The van der Waals surface area contributed by atoms with E-state index in [1.165, 1.54) is 23.5 Å². The fraction of sp³-hybridized carbons (Fsp3) is 0.533. The van der Waals surface area contributed by atoms with Crippen molar-refractivity contribution in [2.75, 3.05) is 37.9 Å². The molecule has 0 aromatic heterocycles. The van der Waals surface area contributed by atoms with Crippen LogP contribution in [0.15, 0.2) is 48.6 Å². The summed E-state index contributed by atoms with van der Waals surface area (Å²) in [5.41, 5.74) is 0.568. The van der Waals surface area contributed by atoms with Crippen LogP contribution in [0.3, 0.4) is 0 Å². The molecular weight excluding hydrogens is 645 g/mol. The SMILES string of the molecule is C=C(C)C(=O)OCC1C=CC(C)C(C#N)(SCC(=O)OCCOC(=O)CSC2(C#N)SC(COC(=O)C(=C)C)C=CC2C)S1. The molecule has 0 amide bonds. The third kappa shape index (κ3) is 11.0. The van der Waals surface area contributed by atoms with Crippen LogP contribution in [0.2, 0.25) is 0 Å². The Morgan fingerprint density at radius 3 is 1.41 bits per heavy atom. The average Bonchev–Trinajstić information content (AvgIpc) is 3.00. The molecule has 0 N–H and O–H groups in total. The predicted octanol–water partition coefficient (Wildman–Crippen LogP) is 4.83. The van der Waals surface area contributed by atoms with Crippen molar-refractivity contribution in [1.29, 1.82) is 10.5 Å². The summed E-state index contributed by atoms with van der Waals surface area (Å²) in [6.45, 7) is 13.8. The molecule has 6 unspecified atom stereocenters. The van der Waals surface area contributed by atoms with Gasteiger partial charge in [-0.3, -0.25) is 9.59 Å². The highest BCUT2D eigenvalue weighted by Crippen LogP contribution is 2.50. The normalized spacial score (nSPS) is 27.2. The highest BCUT2D eigenvalue weighted by atomic mass is 32.2. The van der Waals surface area contributed by atoms with E-state index in [9.17, 15) is 29.7 Å². The highest BCUT2D eigenvalue weighted by Gasteiger charge is 2.43. The van der Waals surface area contributed by atoms with Gasteiger partial charge in [0, 0.05) is 23.0 Å². The number of ether oxygens (including phenoxy) is 4. The molecule has 0 aliphatic carbocycles. The molecule has 238 valence electrons. The Bertz CT molecular complexity index is 1180. The molecule has 0 fully saturated rings. The van der Waals surface area contributed by atoms with Crippen LogP contribution in [0.4, 0.5) is 0 Å². The van der Waals surface area contributed by atoms with E-state index in [-0.39, 0.29) is 71.4 Å². The van der Waals surface area contributed by atoms with Crippen LogP contribution < -0.4 is 0 Å². The van der Waals surface area contributed by atoms with Crippen LogP contribution in [-0.2, 0) is 38.1 Å². The lowest BCUT2D eigenvalue weighted by atomic mass is 10.1.